The van der Waals surface area contributed by atoms with Crippen molar-refractivity contribution in [1.82, 2.24) is 0 Å². The summed E-state index contributed by atoms with van der Waals surface area (Å²) in [4.78, 5) is 2.26. The number of benzene rings is 1. The van der Waals surface area contributed by atoms with E-state index in [1.54, 1.807) is 0 Å². The van der Waals surface area contributed by atoms with Crippen molar-refractivity contribution in [2.24, 2.45) is 0 Å². The molecule has 1 unspecified atom stereocenters. The molecule has 0 spiro atoms. The van der Waals surface area contributed by atoms with Crippen molar-refractivity contribution < 1.29 is 5.11 Å². The van der Waals surface area contributed by atoms with Gasteiger partial charge in [0, 0.05) is 25.2 Å². The summed E-state index contributed by atoms with van der Waals surface area (Å²) in [6, 6.07) is 6.30. The third kappa shape index (κ3) is 1.74. The van der Waals surface area contributed by atoms with Gasteiger partial charge < -0.3 is 10.0 Å². The zero-order valence-electron chi connectivity index (χ0n) is 9.91. The van der Waals surface area contributed by atoms with Gasteiger partial charge in [0.15, 0.2) is 0 Å². The molecule has 2 heteroatoms. The molecule has 2 nitrogen and oxygen atoms in total. The van der Waals surface area contributed by atoms with Crippen LogP contribution in [-0.4, -0.2) is 18.7 Å². The predicted octanol–water partition coefficient (Wildman–Crippen LogP) is 2.47. The summed E-state index contributed by atoms with van der Waals surface area (Å²) in [6.45, 7) is 6.97. The quantitative estimate of drug-likeness (QED) is 0.761. The van der Waals surface area contributed by atoms with Gasteiger partial charge in [-0.3, -0.25) is 0 Å². The Balaban J connectivity index is 2.48. The predicted molar refractivity (Wildman–Crippen MR) is 63.4 cm³/mol. The molecule has 82 valence electrons. The lowest BCUT2D eigenvalue weighted by Gasteiger charge is -2.20. The van der Waals surface area contributed by atoms with Crippen LogP contribution < -0.4 is 4.90 Å². The average Bonchev–Trinajstić information content (AvgIpc) is 2.41. The van der Waals surface area contributed by atoms with Crippen molar-refractivity contribution in [3.63, 3.8) is 0 Å². The Labute approximate surface area is 91.5 Å². The highest BCUT2D eigenvalue weighted by molar-refractivity contribution is 5.61. The number of fused-ring (bicyclic) bond motifs is 1. The van der Waals surface area contributed by atoms with E-state index in [1.165, 1.54) is 11.3 Å². The second kappa shape index (κ2) is 3.24. The summed E-state index contributed by atoms with van der Waals surface area (Å²) in [6.07, 6.45) is 0. The minimum Gasteiger partial charge on any atom is -0.386 e. The molecule has 2 rings (SSSR count). The highest BCUT2D eigenvalue weighted by atomic mass is 16.3. The molecule has 1 aromatic carbocycles. The number of hydrogen-bond acceptors (Lipinski definition) is 2. The lowest BCUT2D eigenvalue weighted by atomic mass is 9.94. The van der Waals surface area contributed by atoms with Gasteiger partial charge in [0.05, 0.1) is 5.60 Å². The fourth-order valence-corrected chi connectivity index (χ4v) is 2.28. The average molecular weight is 205 g/mol. The van der Waals surface area contributed by atoms with Crippen molar-refractivity contribution in [2.75, 3.05) is 18.5 Å². The van der Waals surface area contributed by atoms with Crippen LogP contribution in [0.25, 0.3) is 0 Å². The molecule has 1 aliphatic heterocycles. The van der Waals surface area contributed by atoms with E-state index in [9.17, 15) is 5.11 Å². The van der Waals surface area contributed by atoms with Gasteiger partial charge in [0.2, 0.25) is 0 Å². The Morgan fingerprint density at radius 3 is 2.67 bits per heavy atom. The molecule has 0 saturated carbocycles. The molecule has 1 aliphatic rings. The van der Waals surface area contributed by atoms with Crippen LogP contribution in [0.5, 0.6) is 0 Å². The zero-order chi connectivity index (χ0) is 11.2. The van der Waals surface area contributed by atoms with Crippen LogP contribution in [-0.2, 0) is 5.60 Å². The lowest BCUT2D eigenvalue weighted by Crippen LogP contribution is -2.17. The van der Waals surface area contributed by atoms with Crippen LogP contribution in [0.1, 0.15) is 37.8 Å². The van der Waals surface area contributed by atoms with E-state index >= 15 is 0 Å². The van der Waals surface area contributed by atoms with Crippen molar-refractivity contribution in [2.45, 2.75) is 32.3 Å². The van der Waals surface area contributed by atoms with Crippen molar-refractivity contribution in [3.05, 3.63) is 29.3 Å². The van der Waals surface area contributed by atoms with E-state index in [0.29, 0.717) is 5.92 Å². The van der Waals surface area contributed by atoms with Crippen LogP contribution in [0.2, 0.25) is 0 Å². The van der Waals surface area contributed by atoms with Gasteiger partial charge >= 0.3 is 0 Å². The van der Waals surface area contributed by atoms with Gasteiger partial charge in [-0.15, -0.1) is 0 Å². The second-order valence-electron chi connectivity index (χ2n) is 5.11. The van der Waals surface area contributed by atoms with Gasteiger partial charge in [-0.05, 0) is 31.0 Å². The molecule has 1 atom stereocenters. The maximum Gasteiger partial charge on any atom is 0.0841 e. The number of anilines is 1. The Morgan fingerprint density at radius 2 is 2.07 bits per heavy atom. The molecular formula is C13H19NO. The van der Waals surface area contributed by atoms with E-state index in [2.05, 4.69) is 31.0 Å². The van der Waals surface area contributed by atoms with Gasteiger partial charge in [-0.1, -0.05) is 19.1 Å². The van der Waals surface area contributed by atoms with Crippen molar-refractivity contribution >= 4 is 5.69 Å². The third-order valence-corrected chi connectivity index (χ3v) is 3.23. The van der Waals surface area contributed by atoms with Gasteiger partial charge in [-0.2, -0.15) is 0 Å². The number of rotatable bonds is 1. The highest BCUT2D eigenvalue weighted by Crippen LogP contribution is 2.37. The SMILES string of the molecule is CC1CN(C)c2cc(C(C)(C)O)ccc21. The monoisotopic (exact) mass is 205 g/mol. The topological polar surface area (TPSA) is 23.5 Å². The molecule has 0 saturated heterocycles. The summed E-state index contributed by atoms with van der Waals surface area (Å²) in [5.74, 6) is 0.598. The molecule has 0 amide bonds. The molecule has 0 aliphatic carbocycles. The molecule has 1 N–H and O–H groups in total. The van der Waals surface area contributed by atoms with Crippen molar-refractivity contribution in [1.29, 1.82) is 0 Å². The van der Waals surface area contributed by atoms with Crippen LogP contribution in [0.4, 0.5) is 5.69 Å². The van der Waals surface area contributed by atoms with Gasteiger partial charge in [-0.25, -0.2) is 0 Å². The van der Waals surface area contributed by atoms with Crippen molar-refractivity contribution in [3.8, 4) is 0 Å². The second-order valence-corrected chi connectivity index (χ2v) is 5.11. The van der Waals surface area contributed by atoms with E-state index in [-0.39, 0.29) is 0 Å². The van der Waals surface area contributed by atoms with E-state index in [1.807, 2.05) is 19.9 Å². The fourth-order valence-electron chi connectivity index (χ4n) is 2.28. The van der Waals surface area contributed by atoms with Crippen LogP contribution >= 0.6 is 0 Å². The lowest BCUT2D eigenvalue weighted by molar-refractivity contribution is 0.0786. The normalized spacial score (nSPS) is 20.6. The summed E-state index contributed by atoms with van der Waals surface area (Å²) >= 11 is 0. The summed E-state index contributed by atoms with van der Waals surface area (Å²) in [5, 5.41) is 9.95. The van der Waals surface area contributed by atoms with E-state index in [0.717, 1.165) is 12.1 Å². The molecule has 0 aromatic heterocycles. The maximum atomic E-state index is 9.95. The number of aliphatic hydroxyl groups is 1. The standard InChI is InChI=1S/C13H19NO/c1-9-8-14(4)12-7-10(13(2,3)15)5-6-11(9)12/h5-7,9,15H,8H2,1-4H3. The fraction of sp³-hybridized carbons (Fsp3) is 0.538. The first-order chi connectivity index (χ1) is 6.89. The molecule has 1 aromatic rings. The van der Waals surface area contributed by atoms with Crippen LogP contribution in [0, 0.1) is 0 Å². The summed E-state index contributed by atoms with van der Waals surface area (Å²) in [5.41, 5.74) is 2.90. The minimum atomic E-state index is -0.748. The molecule has 0 radical (unpaired) electrons. The molecule has 1 heterocycles. The molecule has 0 fully saturated rings. The van der Waals surface area contributed by atoms with Crippen LogP contribution in [0.3, 0.4) is 0 Å². The molecule has 15 heavy (non-hydrogen) atoms. The summed E-state index contributed by atoms with van der Waals surface area (Å²) < 4.78 is 0. The third-order valence-electron chi connectivity index (χ3n) is 3.23. The van der Waals surface area contributed by atoms with E-state index < -0.39 is 5.60 Å². The number of nitrogens with zero attached hydrogens (tertiary/aromatic N) is 1. The Bertz CT molecular complexity index is 379. The minimum absolute atomic E-state index is 0.598. The van der Waals surface area contributed by atoms with Gasteiger partial charge in [0.25, 0.3) is 0 Å². The Hall–Kier alpha value is -1.02. The molecular weight excluding hydrogens is 186 g/mol. The number of hydrogen-bond donors (Lipinski definition) is 1. The smallest absolute Gasteiger partial charge is 0.0841 e. The number of likely N-dealkylation sites (N-methyl/N-ethyl adjacent to an activating group) is 1. The highest BCUT2D eigenvalue weighted by Gasteiger charge is 2.25. The maximum absolute atomic E-state index is 9.95. The molecule has 0 bridgehead atoms. The Kier molecular flexibility index (Phi) is 2.27. The largest absolute Gasteiger partial charge is 0.386 e. The zero-order valence-corrected chi connectivity index (χ0v) is 9.91. The van der Waals surface area contributed by atoms with E-state index in [4.69, 9.17) is 0 Å². The first-order valence-corrected chi connectivity index (χ1v) is 5.47. The summed E-state index contributed by atoms with van der Waals surface area (Å²) in [7, 11) is 2.11. The Morgan fingerprint density at radius 1 is 1.40 bits per heavy atom. The first kappa shape index (κ1) is 10.5. The van der Waals surface area contributed by atoms with Gasteiger partial charge in [0.1, 0.15) is 0 Å². The van der Waals surface area contributed by atoms with Crippen LogP contribution in [0.15, 0.2) is 18.2 Å². The first-order valence-electron chi connectivity index (χ1n) is 5.47.